The van der Waals surface area contributed by atoms with Crippen molar-refractivity contribution in [1.82, 2.24) is 9.97 Å². The van der Waals surface area contributed by atoms with Crippen LogP contribution in [0.1, 0.15) is 18.9 Å². The summed E-state index contributed by atoms with van der Waals surface area (Å²) >= 11 is 7.59. The lowest BCUT2D eigenvalue weighted by Gasteiger charge is -2.04. The summed E-state index contributed by atoms with van der Waals surface area (Å²) in [5.74, 6) is 0. The van der Waals surface area contributed by atoms with Gasteiger partial charge in [0, 0.05) is 33.9 Å². The number of thiazole rings is 1. The first kappa shape index (κ1) is 14.2. The molecule has 0 spiro atoms. The number of rotatable bonds is 4. The quantitative estimate of drug-likeness (QED) is 0.637. The Balaban J connectivity index is 1.97. The molecule has 21 heavy (non-hydrogen) atoms. The molecule has 0 N–H and O–H groups in total. The number of benzene rings is 1. The van der Waals surface area contributed by atoms with Gasteiger partial charge in [-0.1, -0.05) is 37.1 Å². The second kappa shape index (κ2) is 6.37. The lowest BCUT2D eigenvalue weighted by atomic mass is 10.1. The normalized spacial score (nSPS) is 10.8. The summed E-state index contributed by atoms with van der Waals surface area (Å²) in [4.78, 5) is 9.01. The molecule has 3 rings (SSSR count). The van der Waals surface area contributed by atoms with Crippen LogP contribution >= 0.6 is 22.9 Å². The molecule has 1 aromatic carbocycles. The summed E-state index contributed by atoms with van der Waals surface area (Å²) in [6.07, 6.45) is 5.93. The molecule has 0 saturated heterocycles. The molecule has 0 aliphatic heterocycles. The molecule has 2 nitrogen and oxygen atoms in total. The summed E-state index contributed by atoms with van der Waals surface area (Å²) in [7, 11) is 0. The number of nitrogens with zero attached hydrogens (tertiary/aromatic N) is 2. The van der Waals surface area contributed by atoms with E-state index >= 15 is 0 Å². The Labute approximate surface area is 133 Å². The average Bonchev–Trinajstić information content (AvgIpc) is 2.99. The van der Waals surface area contributed by atoms with Crippen LogP contribution in [0.2, 0.25) is 5.02 Å². The van der Waals surface area contributed by atoms with Crippen LogP contribution in [0.3, 0.4) is 0 Å². The maximum absolute atomic E-state index is 5.93. The van der Waals surface area contributed by atoms with E-state index < -0.39 is 0 Å². The van der Waals surface area contributed by atoms with Gasteiger partial charge in [0.05, 0.1) is 5.69 Å². The van der Waals surface area contributed by atoms with Gasteiger partial charge in [-0.05, 0) is 30.2 Å². The summed E-state index contributed by atoms with van der Waals surface area (Å²) in [6.45, 7) is 2.19. The predicted octanol–water partition coefficient (Wildman–Crippen LogP) is 5.48. The van der Waals surface area contributed by atoms with Gasteiger partial charge < -0.3 is 0 Å². The zero-order valence-corrected chi connectivity index (χ0v) is 13.3. The third-order valence-electron chi connectivity index (χ3n) is 3.31. The van der Waals surface area contributed by atoms with Gasteiger partial charge in [0.15, 0.2) is 0 Å². The average molecular weight is 315 g/mol. The fraction of sp³-hybridized carbons (Fsp3) is 0.176. The first-order valence-electron chi connectivity index (χ1n) is 6.92. The molecule has 0 unspecified atom stereocenters. The van der Waals surface area contributed by atoms with Gasteiger partial charge in [0.25, 0.3) is 0 Å². The summed E-state index contributed by atoms with van der Waals surface area (Å²) in [5.41, 5.74) is 4.52. The highest BCUT2D eigenvalue weighted by atomic mass is 35.5. The van der Waals surface area contributed by atoms with Crippen molar-refractivity contribution in [2.75, 3.05) is 0 Å². The maximum Gasteiger partial charge on any atom is 0.125 e. The maximum atomic E-state index is 5.93. The van der Waals surface area contributed by atoms with Crippen molar-refractivity contribution in [3.8, 4) is 21.8 Å². The van der Waals surface area contributed by atoms with Crippen LogP contribution < -0.4 is 0 Å². The fourth-order valence-electron chi connectivity index (χ4n) is 2.25. The van der Waals surface area contributed by atoms with Gasteiger partial charge in [0.1, 0.15) is 5.01 Å². The molecule has 4 heteroatoms. The third kappa shape index (κ3) is 3.14. The summed E-state index contributed by atoms with van der Waals surface area (Å²) in [6, 6.07) is 9.86. The zero-order chi connectivity index (χ0) is 14.7. The van der Waals surface area contributed by atoms with Crippen molar-refractivity contribution >= 4 is 22.9 Å². The van der Waals surface area contributed by atoms with Gasteiger partial charge in [-0.15, -0.1) is 11.3 Å². The Kier molecular flexibility index (Phi) is 4.32. The van der Waals surface area contributed by atoms with Crippen molar-refractivity contribution in [3.63, 3.8) is 0 Å². The van der Waals surface area contributed by atoms with Crippen LogP contribution in [0, 0.1) is 0 Å². The van der Waals surface area contributed by atoms with Gasteiger partial charge in [-0.25, -0.2) is 4.98 Å². The van der Waals surface area contributed by atoms with Crippen molar-refractivity contribution in [2.24, 2.45) is 0 Å². The van der Waals surface area contributed by atoms with Crippen LogP contribution in [-0.4, -0.2) is 9.97 Å². The van der Waals surface area contributed by atoms with Crippen molar-refractivity contribution in [3.05, 3.63) is 58.7 Å². The smallest absolute Gasteiger partial charge is 0.125 e. The Morgan fingerprint density at radius 1 is 1.14 bits per heavy atom. The summed E-state index contributed by atoms with van der Waals surface area (Å²) in [5, 5.41) is 3.85. The van der Waals surface area contributed by atoms with Crippen molar-refractivity contribution < 1.29 is 0 Å². The SMILES string of the molecule is CCCc1ccncc1-c1nc(-c2ccc(Cl)cc2)cs1. The first-order valence-corrected chi connectivity index (χ1v) is 8.18. The van der Waals surface area contributed by atoms with Crippen molar-refractivity contribution in [2.45, 2.75) is 19.8 Å². The van der Waals surface area contributed by atoms with E-state index in [1.807, 2.05) is 36.7 Å². The third-order valence-corrected chi connectivity index (χ3v) is 4.43. The van der Waals surface area contributed by atoms with Crippen molar-refractivity contribution in [1.29, 1.82) is 0 Å². The molecule has 2 heterocycles. The highest BCUT2D eigenvalue weighted by molar-refractivity contribution is 7.13. The lowest BCUT2D eigenvalue weighted by molar-refractivity contribution is 0.920. The van der Waals surface area contributed by atoms with Crippen LogP contribution in [0.25, 0.3) is 21.8 Å². The molecular formula is C17H15ClN2S. The van der Waals surface area contributed by atoms with E-state index in [1.54, 1.807) is 11.3 Å². The van der Waals surface area contributed by atoms with E-state index in [-0.39, 0.29) is 0 Å². The largest absolute Gasteiger partial charge is 0.264 e. The highest BCUT2D eigenvalue weighted by Gasteiger charge is 2.10. The number of aromatic nitrogens is 2. The van der Waals surface area contributed by atoms with E-state index in [9.17, 15) is 0 Å². The number of halogens is 1. The minimum atomic E-state index is 0.742. The minimum Gasteiger partial charge on any atom is -0.264 e. The second-order valence-corrected chi connectivity index (χ2v) is 6.12. The van der Waals surface area contributed by atoms with Gasteiger partial charge in [0.2, 0.25) is 0 Å². The first-order chi connectivity index (χ1) is 10.3. The Bertz CT molecular complexity index is 735. The topological polar surface area (TPSA) is 25.8 Å². The van der Waals surface area contributed by atoms with Crippen LogP contribution in [0.4, 0.5) is 0 Å². The standard InChI is InChI=1S/C17H15ClN2S/c1-2-3-12-8-9-19-10-15(12)17-20-16(11-21-17)13-4-6-14(18)7-5-13/h4-11H,2-3H2,1H3. The van der Waals surface area contributed by atoms with Gasteiger partial charge in [-0.2, -0.15) is 0 Å². The van der Waals surface area contributed by atoms with E-state index in [4.69, 9.17) is 16.6 Å². The molecule has 0 atom stereocenters. The fourth-order valence-corrected chi connectivity index (χ4v) is 3.25. The monoisotopic (exact) mass is 314 g/mol. The molecule has 0 aliphatic rings. The molecule has 0 bridgehead atoms. The number of hydrogen-bond donors (Lipinski definition) is 0. The zero-order valence-electron chi connectivity index (χ0n) is 11.7. The molecule has 0 aliphatic carbocycles. The van der Waals surface area contributed by atoms with E-state index in [0.29, 0.717) is 0 Å². The van der Waals surface area contributed by atoms with Crippen LogP contribution in [0.5, 0.6) is 0 Å². The van der Waals surface area contributed by atoms with E-state index in [0.717, 1.165) is 39.7 Å². The minimum absolute atomic E-state index is 0.742. The molecular weight excluding hydrogens is 300 g/mol. The van der Waals surface area contributed by atoms with Crippen LogP contribution in [0.15, 0.2) is 48.1 Å². The number of pyridine rings is 1. The molecule has 0 fully saturated rings. The Morgan fingerprint density at radius 3 is 2.71 bits per heavy atom. The molecule has 0 radical (unpaired) electrons. The van der Waals surface area contributed by atoms with E-state index in [1.165, 1.54) is 5.56 Å². The Hall–Kier alpha value is -1.71. The number of aryl methyl sites for hydroxylation is 1. The van der Waals surface area contributed by atoms with Gasteiger partial charge in [-0.3, -0.25) is 4.98 Å². The van der Waals surface area contributed by atoms with E-state index in [2.05, 4.69) is 23.4 Å². The molecule has 0 amide bonds. The summed E-state index contributed by atoms with van der Waals surface area (Å²) < 4.78 is 0. The van der Waals surface area contributed by atoms with Gasteiger partial charge >= 0.3 is 0 Å². The molecule has 3 aromatic rings. The lowest BCUT2D eigenvalue weighted by Crippen LogP contribution is -1.90. The molecule has 2 aromatic heterocycles. The highest BCUT2D eigenvalue weighted by Crippen LogP contribution is 2.31. The van der Waals surface area contributed by atoms with Crippen LogP contribution in [-0.2, 0) is 6.42 Å². The Morgan fingerprint density at radius 2 is 1.95 bits per heavy atom. The predicted molar refractivity (Wildman–Crippen MR) is 89.8 cm³/mol. The number of hydrogen-bond acceptors (Lipinski definition) is 3. The molecule has 0 saturated carbocycles. The second-order valence-electron chi connectivity index (χ2n) is 4.83. The molecule has 106 valence electrons.